The fourth-order valence-corrected chi connectivity index (χ4v) is 4.69. The topological polar surface area (TPSA) is 86.7 Å². The van der Waals surface area contributed by atoms with E-state index in [4.69, 9.17) is 5.10 Å². The lowest BCUT2D eigenvalue weighted by Crippen LogP contribution is -2.38. The summed E-state index contributed by atoms with van der Waals surface area (Å²) in [5.41, 5.74) is 3.02. The van der Waals surface area contributed by atoms with E-state index in [1.54, 1.807) is 11.6 Å². The zero-order chi connectivity index (χ0) is 24.4. The van der Waals surface area contributed by atoms with Gasteiger partial charge in [0.05, 0.1) is 11.4 Å². The first-order chi connectivity index (χ1) is 17.0. The smallest absolute Gasteiger partial charge is 0.280 e. The number of aryl methyl sites for hydroxylation is 1. The SMILES string of the molecule is Cc1nn(C(C)C(=O)NCCC2=CCCCC2)c(=O)c2c(-n3cccc3)n(-c3ccccc3)nc12. The average molecular weight is 471 g/mol. The predicted octanol–water partition coefficient (Wildman–Crippen LogP) is 4.25. The van der Waals surface area contributed by atoms with Crippen molar-refractivity contribution in [1.82, 2.24) is 29.4 Å². The maximum absolute atomic E-state index is 13.8. The van der Waals surface area contributed by atoms with E-state index < -0.39 is 6.04 Å². The van der Waals surface area contributed by atoms with Gasteiger partial charge in [0.2, 0.25) is 5.91 Å². The summed E-state index contributed by atoms with van der Waals surface area (Å²) in [4.78, 5) is 26.7. The van der Waals surface area contributed by atoms with Crippen LogP contribution in [0.25, 0.3) is 22.4 Å². The summed E-state index contributed by atoms with van der Waals surface area (Å²) in [6, 6.07) is 12.7. The Hall–Kier alpha value is -3.94. The van der Waals surface area contributed by atoms with Crippen LogP contribution in [-0.2, 0) is 4.79 Å². The molecule has 1 aromatic carbocycles. The fraction of sp³-hybridized carbons (Fsp3) is 0.333. The lowest BCUT2D eigenvalue weighted by molar-refractivity contribution is -0.124. The minimum Gasteiger partial charge on any atom is -0.354 e. The van der Waals surface area contributed by atoms with Crippen LogP contribution in [0, 0.1) is 6.92 Å². The number of amides is 1. The summed E-state index contributed by atoms with van der Waals surface area (Å²) in [6.07, 6.45) is 11.6. The lowest BCUT2D eigenvalue weighted by atomic mass is 9.97. The molecule has 0 saturated carbocycles. The van der Waals surface area contributed by atoms with E-state index >= 15 is 0 Å². The largest absolute Gasteiger partial charge is 0.354 e. The minimum absolute atomic E-state index is 0.215. The third-order valence-electron chi connectivity index (χ3n) is 6.61. The zero-order valence-corrected chi connectivity index (χ0v) is 20.1. The number of para-hydroxylation sites is 1. The van der Waals surface area contributed by atoms with Crippen molar-refractivity contribution in [2.24, 2.45) is 0 Å². The number of nitrogens with one attached hydrogen (secondary N) is 1. The van der Waals surface area contributed by atoms with Crippen LogP contribution < -0.4 is 10.9 Å². The highest BCUT2D eigenvalue weighted by molar-refractivity contribution is 5.88. The van der Waals surface area contributed by atoms with Crippen LogP contribution in [-0.4, -0.2) is 36.6 Å². The quantitative estimate of drug-likeness (QED) is 0.409. The standard InChI is InChI=1S/C27H30N6O2/c1-19-24-23(26(31-17-9-10-18-31)33(30-24)22-13-7-4-8-14-22)27(35)32(29-19)20(2)25(34)28-16-15-21-11-5-3-6-12-21/h4,7-11,13-14,17-18,20H,3,5-6,12,15-16H2,1-2H3,(H,28,34). The Bertz CT molecular complexity index is 1430. The fourth-order valence-electron chi connectivity index (χ4n) is 4.69. The molecule has 1 unspecified atom stereocenters. The maximum Gasteiger partial charge on any atom is 0.280 e. The van der Waals surface area contributed by atoms with Crippen molar-refractivity contribution >= 4 is 16.8 Å². The van der Waals surface area contributed by atoms with Crippen LogP contribution >= 0.6 is 0 Å². The Morgan fingerprint density at radius 3 is 2.57 bits per heavy atom. The number of hydrogen-bond acceptors (Lipinski definition) is 4. The molecule has 35 heavy (non-hydrogen) atoms. The molecule has 1 aliphatic carbocycles. The summed E-state index contributed by atoms with van der Waals surface area (Å²) < 4.78 is 4.92. The van der Waals surface area contributed by atoms with Crippen LogP contribution in [0.2, 0.25) is 0 Å². The van der Waals surface area contributed by atoms with E-state index in [1.807, 2.05) is 66.3 Å². The van der Waals surface area contributed by atoms with Gasteiger partial charge in [-0.15, -0.1) is 0 Å². The van der Waals surface area contributed by atoms with Gasteiger partial charge in [-0.2, -0.15) is 10.2 Å². The van der Waals surface area contributed by atoms with Crippen LogP contribution in [0.3, 0.4) is 0 Å². The summed E-state index contributed by atoms with van der Waals surface area (Å²) in [5.74, 6) is 0.407. The van der Waals surface area contributed by atoms with Gasteiger partial charge in [-0.3, -0.25) is 9.59 Å². The molecule has 3 aromatic heterocycles. The van der Waals surface area contributed by atoms with Gasteiger partial charge < -0.3 is 9.88 Å². The molecular weight excluding hydrogens is 440 g/mol. The molecule has 0 fully saturated rings. The average Bonchev–Trinajstić information content (AvgIpc) is 3.55. The number of allylic oxidation sites excluding steroid dienone is 1. The molecule has 4 aromatic rings. The molecular formula is C27H30N6O2. The zero-order valence-electron chi connectivity index (χ0n) is 20.1. The Kier molecular flexibility index (Phi) is 6.35. The second-order valence-corrected chi connectivity index (χ2v) is 9.05. The number of nitrogens with zero attached hydrogens (tertiary/aromatic N) is 5. The molecule has 0 radical (unpaired) electrons. The molecule has 5 rings (SSSR count). The Morgan fingerprint density at radius 1 is 1.09 bits per heavy atom. The molecule has 1 aliphatic rings. The normalized spacial score (nSPS) is 14.6. The molecule has 3 heterocycles. The van der Waals surface area contributed by atoms with Crippen molar-refractivity contribution in [3.8, 4) is 11.5 Å². The Morgan fingerprint density at radius 2 is 1.86 bits per heavy atom. The van der Waals surface area contributed by atoms with Gasteiger partial charge in [0.1, 0.15) is 16.9 Å². The highest BCUT2D eigenvalue weighted by Crippen LogP contribution is 2.25. The molecule has 0 saturated heterocycles. The molecule has 0 aliphatic heterocycles. The lowest BCUT2D eigenvalue weighted by Gasteiger charge is -2.16. The van der Waals surface area contributed by atoms with Crippen LogP contribution in [0.4, 0.5) is 0 Å². The third-order valence-corrected chi connectivity index (χ3v) is 6.61. The van der Waals surface area contributed by atoms with E-state index in [0.717, 1.165) is 24.9 Å². The van der Waals surface area contributed by atoms with E-state index in [-0.39, 0.29) is 11.5 Å². The molecule has 8 nitrogen and oxygen atoms in total. The number of carbonyl (C=O) groups is 1. The third kappa shape index (κ3) is 4.43. The van der Waals surface area contributed by atoms with Crippen molar-refractivity contribution in [1.29, 1.82) is 0 Å². The summed E-state index contributed by atoms with van der Waals surface area (Å²) in [6.45, 7) is 4.09. The minimum atomic E-state index is -0.747. The summed E-state index contributed by atoms with van der Waals surface area (Å²) >= 11 is 0. The van der Waals surface area contributed by atoms with Crippen molar-refractivity contribution < 1.29 is 4.79 Å². The number of hydrogen-bond donors (Lipinski definition) is 1. The van der Waals surface area contributed by atoms with Crippen LogP contribution in [0.15, 0.2) is 71.3 Å². The predicted molar refractivity (Wildman–Crippen MR) is 136 cm³/mol. The van der Waals surface area contributed by atoms with E-state index in [1.165, 1.54) is 23.1 Å². The number of benzene rings is 1. The van der Waals surface area contributed by atoms with Crippen molar-refractivity contribution in [2.75, 3.05) is 6.54 Å². The summed E-state index contributed by atoms with van der Waals surface area (Å²) in [5, 5.41) is 12.7. The summed E-state index contributed by atoms with van der Waals surface area (Å²) in [7, 11) is 0. The second kappa shape index (κ2) is 9.74. The highest BCUT2D eigenvalue weighted by Gasteiger charge is 2.25. The molecule has 0 bridgehead atoms. The maximum atomic E-state index is 13.8. The molecule has 1 amide bonds. The number of aromatic nitrogens is 5. The first-order valence-corrected chi connectivity index (χ1v) is 12.2. The molecule has 1 atom stereocenters. The Balaban J connectivity index is 1.52. The monoisotopic (exact) mass is 470 g/mol. The first-order valence-electron chi connectivity index (χ1n) is 12.2. The first kappa shape index (κ1) is 22.8. The molecule has 8 heteroatoms. The molecule has 1 N–H and O–H groups in total. The second-order valence-electron chi connectivity index (χ2n) is 9.05. The van der Waals surface area contributed by atoms with Crippen molar-refractivity contribution in [2.45, 2.75) is 52.0 Å². The van der Waals surface area contributed by atoms with E-state index in [0.29, 0.717) is 29.0 Å². The van der Waals surface area contributed by atoms with Gasteiger partial charge in [0.15, 0.2) is 5.82 Å². The van der Waals surface area contributed by atoms with Crippen molar-refractivity contribution in [3.63, 3.8) is 0 Å². The van der Waals surface area contributed by atoms with Gasteiger partial charge in [0, 0.05) is 18.9 Å². The van der Waals surface area contributed by atoms with Gasteiger partial charge >= 0.3 is 0 Å². The van der Waals surface area contributed by atoms with Gasteiger partial charge in [-0.05, 0) is 70.2 Å². The Labute approximate surface area is 203 Å². The molecule has 180 valence electrons. The number of fused-ring (bicyclic) bond motifs is 1. The number of carbonyl (C=O) groups excluding carboxylic acids is 1. The van der Waals surface area contributed by atoms with Gasteiger partial charge in [-0.1, -0.05) is 29.8 Å². The number of rotatable bonds is 7. The van der Waals surface area contributed by atoms with E-state index in [9.17, 15) is 9.59 Å². The molecule has 0 spiro atoms. The van der Waals surface area contributed by atoms with Gasteiger partial charge in [0.25, 0.3) is 5.56 Å². The van der Waals surface area contributed by atoms with Crippen LogP contribution in [0.5, 0.6) is 0 Å². The van der Waals surface area contributed by atoms with Crippen LogP contribution in [0.1, 0.15) is 50.8 Å². The van der Waals surface area contributed by atoms with Gasteiger partial charge in [-0.25, -0.2) is 9.36 Å². The van der Waals surface area contributed by atoms with Crippen molar-refractivity contribution in [3.05, 3.63) is 82.6 Å². The highest BCUT2D eigenvalue weighted by atomic mass is 16.2. The van der Waals surface area contributed by atoms with E-state index in [2.05, 4.69) is 16.5 Å².